The molecule has 1 aromatic carbocycles. The van der Waals surface area contributed by atoms with Gasteiger partial charge in [0.1, 0.15) is 0 Å². The molecule has 0 aromatic heterocycles. The van der Waals surface area contributed by atoms with E-state index in [1.54, 1.807) is 12.1 Å². The van der Waals surface area contributed by atoms with Crippen molar-refractivity contribution in [3.63, 3.8) is 0 Å². The van der Waals surface area contributed by atoms with Crippen molar-refractivity contribution in [2.24, 2.45) is 11.1 Å². The van der Waals surface area contributed by atoms with E-state index in [-0.39, 0.29) is 4.90 Å². The molecule has 0 fully saturated rings. The molecule has 0 spiro atoms. The van der Waals surface area contributed by atoms with Crippen molar-refractivity contribution in [1.82, 2.24) is 5.32 Å². The molecule has 19 heavy (non-hydrogen) atoms. The fourth-order valence-corrected chi connectivity index (χ4v) is 2.61. The van der Waals surface area contributed by atoms with Crippen LogP contribution in [0.3, 0.4) is 0 Å². The van der Waals surface area contributed by atoms with Crippen LogP contribution >= 0.6 is 0 Å². The molecule has 1 atom stereocenters. The zero-order chi connectivity index (χ0) is 14.5. The Labute approximate surface area is 116 Å². The summed E-state index contributed by atoms with van der Waals surface area (Å²) in [7, 11) is -3.58. The Morgan fingerprint density at radius 2 is 1.74 bits per heavy atom. The van der Waals surface area contributed by atoms with Crippen LogP contribution in [0, 0.1) is 5.92 Å². The molecular weight excluding hydrogens is 260 g/mol. The first kappa shape index (κ1) is 16.1. The van der Waals surface area contributed by atoms with E-state index in [2.05, 4.69) is 26.1 Å². The fourth-order valence-electron chi connectivity index (χ4n) is 2.10. The predicted molar refractivity (Wildman–Crippen MR) is 78.4 cm³/mol. The van der Waals surface area contributed by atoms with E-state index in [1.807, 2.05) is 12.1 Å². The third-order valence-electron chi connectivity index (χ3n) is 2.98. The van der Waals surface area contributed by atoms with Gasteiger partial charge in [-0.15, -0.1) is 0 Å². The molecule has 0 saturated heterocycles. The first-order chi connectivity index (χ1) is 8.79. The van der Waals surface area contributed by atoms with Gasteiger partial charge in [-0.2, -0.15) is 0 Å². The molecule has 0 amide bonds. The summed E-state index contributed by atoms with van der Waals surface area (Å²) < 4.78 is 22.2. The summed E-state index contributed by atoms with van der Waals surface area (Å²) in [5.41, 5.74) is 1.11. The van der Waals surface area contributed by atoms with Crippen LogP contribution in [0.4, 0.5) is 0 Å². The number of sulfonamides is 1. The summed E-state index contributed by atoms with van der Waals surface area (Å²) in [6.07, 6.45) is 2.04. The highest BCUT2D eigenvalue weighted by Gasteiger charge is 2.07. The minimum Gasteiger partial charge on any atom is -0.314 e. The van der Waals surface area contributed by atoms with Crippen LogP contribution < -0.4 is 10.5 Å². The Balaban J connectivity index is 2.43. The second-order valence-corrected chi connectivity index (χ2v) is 6.99. The zero-order valence-electron chi connectivity index (χ0n) is 11.9. The second kappa shape index (κ2) is 7.03. The molecule has 108 valence electrons. The molecule has 1 rings (SSSR count). The predicted octanol–water partition coefficient (Wildman–Crippen LogP) is 1.90. The molecule has 0 aliphatic carbocycles. The van der Waals surface area contributed by atoms with Gasteiger partial charge in [0, 0.05) is 6.04 Å². The SMILES string of the molecule is CC(C)CC(C)NCCc1ccc(S(N)(=O)=O)cc1. The highest BCUT2D eigenvalue weighted by atomic mass is 32.2. The fraction of sp³-hybridized carbons (Fsp3) is 0.571. The van der Waals surface area contributed by atoms with E-state index >= 15 is 0 Å². The van der Waals surface area contributed by atoms with Gasteiger partial charge in [0.2, 0.25) is 10.0 Å². The van der Waals surface area contributed by atoms with Crippen molar-refractivity contribution in [2.45, 2.75) is 44.6 Å². The van der Waals surface area contributed by atoms with Crippen molar-refractivity contribution in [1.29, 1.82) is 0 Å². The minimum atomic E-state index is -3.58. The quantitative estimate of drug-likeness (QED) is 0.803. The third kappa shape index (κ3) is 6.18. The smallest absolute Gasteiger partial charge is 0.238 e. The Bertz CT molecular complexity index is 481. The van der Waals surface area contributed by atoms with Gasteiger partial charge in [-0.3, -0.25) is 0 Å². The van der Waals surface area contributed by atoms with Crippen molar-refractivity contribution in [3.05, 3.63) is 29.8 Å². The van der Waals surface area contributed by atoms with Crippen molar-refractivity contribution in [3.8, 4) is 0 Å². The van der Waals surface area contributed by atoms with Gasteiger partial charge in [-0.25, -0.2) is 13.6 Å². The van der Waals surface area contributed by atoms with Crippen LogP contribution in [0.5, 0.6) is 0 Å². The monoisotopic (exact) mass is 284 g/mol. The molecule has 0 saturated carbocycles. The maximum absolute atomic E-state index is 11.1. The average Bonchev–Trinajstić information content (AvgIpc) is 2.27. The topological polar surface area (TPSA) is 72.2 Å². The molecule has 0 aliphatic heterocycles. The van der Waals surface area contributed by atoms with Crippen LogP contribution in [-0.2, 0) is 16.4 Å². The lowest BCUT2D eigenvalue weighted by atomic mass is 10.1. The average molecular weight is 284 g/mol. The molecule has 5 heteroatoms. The number of nitrogens with two attached hydrogens (primary N) is 1. The summed E-state index contributed by atoms with van der Waals surface area (Å²) in [6, 6.07) is 7.25. The molecular formula is C14H24N2O2S. The van der Waals surface area contributed by atoms with E-state index in [0.717, 1.165) is 24.9 Å². The molecule has 0 radical (unpaired) electrons. The van der Waals surface area contributed by atoms with Gasteiger partial charge >= 0.3 is 0 Å². The molecule has 1 aromatic rings. The maximum atomic E-state index is 11.1. The molecule has 4 nitrogen and oxygen atoms in total. The molecule has 0 aliphatic rings. The first-order valence-electron chi connectivity index (χ1n) is 6.64. The van der Waals surface area contributed by atoms with E-state index in [0.29, 0.717) is 12.0 Å². The van der Waals surface area contributed by atoms with Gasteiger partial charge in [0.25, 0.3) is 0 Å². The summed E-state index contributed by atoms with van der Waals surface area (Å²) in [5.74, 6) is 0.691. The first-order valence-corrected chi connectivity index (χ1v) is 8.19. The van der Waals surface area contributed by atoms with Gasteiger partial charge in [0.15, 0.2) is 0 Å². The van der Waals surface area contributed by atoms with E-state index in [9.17, 15) is 8.42 Å². The largest absolute Gasteiger partial charge is 0.314 e. The van der Waals surface area contributed by atoms with Crippen molar-refractivity contribution in [2.75, 3.05) is 6.54 Å². The van der Waals surface area contributed by atoms with Gasteiger partial charge in [-0.05, 0) is 49.9 Å². The summed E-state index contributed by atoms with van der Waals surface area (Å²) in [4.78, 5) is 0.164. The number of hydrogen-bond donors (Lipinski definition) is 2. The normalized spacial score (nSPS) is 13.7. The lowest BCUT2D eigenvalue weighted by Crippen LogP contribution is -2.29. The lowest BCUT2D eigenvalue weighted by molar-refractivity contribution is 0.445. The summed E-state index contributed by atoms with van der Waals surface area (Å²) in [6.45, 7) is 7.50. The van der Waals surface area contributed by atoms with Crippen LogP contribution in [0.15, 0.2) is 29.2 Å². The molecule has 1 unspecified atom stereocenters. The van der Waals surface area contributed by atoms with Crippen molar-refractivity contribution < 1.29 is 8.42 Å². The molecule has 0 heterocycles. The Kier molecular flexibility index (Phi) is 5.97. The number of benzene rings is 1. The number of nitrogens with one attached hydrogen (secondary N) is 1. The standard InChI is InChI=1S/C14H24N2O2S/c1-11(2)10-12(3)16-9-8-13-4-6-14(7-5-13)19(15,17)18/h4-7,11-12,16H,8-10H2,1-3H3,(H2,15,17,18). The van der Waals surface area contributed by atoms with Crippen LogP contribution in [0.1, 0.15) is 32.8 Å². The van der Waals surface area contributed by atoms with Gasteiger partial charge in [-0.1, -0.05) is 26.0 Å². The summed E-state index contributed by atoms with van der Waals surface area (Å²) in [5, 5.41) is 8.52. The van der Waals surface area contributed by atoms with Crippen LogP contribution in [0.2, 0.25) is 0 Å². The highest BCUT2D eigenvalue weighted by Crippen LogP contribution is 2.09. The second-order valence-electron chi connectivity index (χ2n) is 5.42. The third-order valence-corrected chi connectivity index (χ3v) is 3.91. The van der Waals surface area contributed by atoms with Crippen LogP contribution in [0.25, 0.3) is 0 Å². The minimum absolute atomic E-state index is 0.164. The molecule has 3 N–H and O–H groups in total. The van der Waals surface area contributed by atoms with E-state index in [1.165, 1.54) is 0 Å². The van der Waals surface area contributed by atoms with Gasteiger partial charge in [0.05, 0.1) is 4.90 Å². The summed E-state index contributed by atoms with van der Waals surface area (Å²) >= 11 is 0. The number of primary sulfonamides is 1. The van der Waals surface area contributed by atoms with E-state index in [4.69, 9.17) is 5.14 Å². The molecule has 0 bridgehead atoms. The van der Waals surface area contributed by atoms with Gasteiger partial charge < -0.3 is 5.32 Å². The van der Waals surface area contributed by atoms with E-state index < -0.39 is 10.0 Å². The van der Waals surface area contributed by atoms with Crippen LogP contribution in [-0.4, -0.2) is 21.0 Å². The zero-order valence-corrected chi connectivity index (χ0v) is 12.7. The maximum Gasteiger partial charge on any atom is 0.238 e. The van der Waals surface area contributed by atoms with Crippen molar-refractivity contribution >= 4 is 10.0 Å². The number of rotatable bonds is 7. The Morgan fingerprint density at radius 1 is 1.16 bits per heavy atom. The Morgan fingerprint density at radius 3 is 2.21 bits per heavy atom. The number of hydrogen-bond acceptors (Lipinski definition) is 3. The Hall–Kier alpha value is -0.910. The highest BCUT2D eigenvalue weighted by molar-refractivity contribution is 7.89. The lowest BCUT2D eigenvalue weighted by Gasteiger charge is -2.15.